The molecule has 2 amide bonds. The zero-order valence-corrected chi connectivity index (χ0v) is 22.7. The molecule has 0 aliphatic heterocycles. The van der Waals surface area contributed by atoms with Crippen LogP contribution in [-0.4, -0.2) is 47.3 Å². The van der Waals surface area contributed by atoms with Gasteiger partial charge in [0.25, 0.3) is 0 Å². The van der Waals surface area contributed by atoms with Crippen LogP contribution in [0.1, 0.15) is 95.6 Å². The second-order valence-electron chi connectivity index (χ2n) is 11.5. The van der Waals surface area contributed by atoms with Crippen molar-refractivity contribution >= 4 is 12.0 Å². The number of carboxylic acids is 1. The molecule has 2 fully saturated rings. The van der Waals surface area contributed by atoms with E-state index in [1.807, 2.05) is 18.7 Å². The monoisotopic (exact) mass is 500 g/mol. The summed E-state index contributed by atoms with van der Waals surface area (Å²) >= 11 is 0. The molecule has 1 aromatic rings. The van der Waals surface area contributed by atoms with Crippen LogP contribution in [0.15, 0.2) is 24.3 Å². The number of carbonyl (C=O) groups excluding carboxylic acids is 1. The number of aliphatic carboxylic acids is 1. The summed E-state index contributed by atoms with van der Waals surface area (Å²) in [6, 6.07) is 8.70. The molecule has 2 N–H and O–H groups in total. The van der Waals surface area contributed by atoms with E-state index in [4.69, 9.17) is 4.74 Å². The van der Waals surface area contributed by atoms with E-state index < -0.39 is 5.97 Å². The molecule has 1 unspecified atom stereocenters. The van der Waals surface area contributed by atoms with Crippen molar-refractivity contribution in [1.82, 2.24) is 10.2 Å². The fourth-order valence-electron chi connectivity index (χ4n) is 5.82. The molecule has 2 aliphatic rings. The molecular weight excluding hydrogens is 452 g/mol. The Kier molecular flexibility index (Phi) is 11.6. The number of ether oxygens (including phenoxy) is 1. The Morgan fingerprint density at radius 3 is 2.44 bits per heavy atom. The largest absolute Gasteiger partial charge is 0.481 e. The number of nitrogens with zero attached hydrogens (tertiary/aromatic N) is 1. The minimum absolute atomic E-state index is 0.0148. The van der Waals surface area contributed by atoms with Crippen LogP contribution >= 0.6 is 0 Å². The average molecular weight is 501 g/mol. The van der Waals surface area contributed by atoms with Gasteiger partial charge in [-0.3, -0.25) is 4.79 Å². The summed E-state index contributed by atoms with van der Waals surface area (Å²) in [6.45, 7) is 7.76. The number of aryl methyl sites for hydroxylation is 1. The van der Waals surface area contributed by atoms with Crippen molar-refractivity contribution in [3.8, 4) is 0 Å². The van der Waals surface area contributed by atoms with Crippen LogP contribution < -0.4 is 5.32 Å². The van der Waals surface area contributed by atoms with Gasteiger partial charge in [0, 0.05) is 19.1 Å². The summed E-state index contributed by atoms with van der Waals surface area (Å²) in [5.41, 5.74) is 2.35. The van der Waals surface area contributed by atoms with Gasteiger partial charge in [-0.25, -0.2) is 4.79 Å². The number of carbonyl (C=O) groups is 2. The number of benzene rings is 1. The molecule has 0 heterocycles. The van der Waals surface area contributed by atoms with Gasteiger partial charge in [-0.2, -0.15) is 0 Å². The summed E-state index contributed by atoms with van der Waals surface area (Å²) < 4.78 is 6.30. The predicted molar refractivity (Wildman–Crippen MR) is 144 cm³/mol. The normalized spacial score (nSPS) is 21.8. The molecule has 3 atom stereocenters. The van der Waals surface area contributed by atoms with Gasteiger partial charge in [0.05, 0.1) is 18.6 Å². The molecule has 0 saturated heterocycles. The third-order valence-corrected chi connectivity index (χ3v) is 8.17. The Hall–Kier alpha value is -2.08. The quantitative estimate of drug-likeness (QED) is 0.341. The molecular formula is C30H48N2O4. The highest BCUT2D eigenvalue weighted by Gasteiger charge is 2.27. The summed E-state index contributed by atoms with van der Waals surface area (Å²) in [5, 5.41) is 12.8. The third-order valence-electron chi connectivity index (χ3n) is 8.17. The maximum atomic E-state index is 13.2. The topological polar surface area (TPSA) is 78.9 Å². The van der Waals surface area contributed by atoms with Gasteiger partial charge in [-0.15, -0.1) is 0 Å². The van der Waals surface area contributed by atoms with Crippen LogP contribution in [0.3, 0.4) is 0 Å². The highest BCUT2D eigenvalue weighted by atomic mass is 16.5. The Morgan fingerprint density at radius 1 is 1.06 bits per heavy atom. The number of hydrogen-bond acceptors (Lipinski definition) is 3. The summed E-state index contributed by atoms with van der Waals surface area (Å²) in [5.74, 6) is -0.238. The number of nitrogens with one attached hydrogen (secondary N) is 1. The number of hydrogen-bond donors (Lipinski definition) is 2. The molecule has 3 rings (SSSR count). The van der Waals surface area contributed by atoms with Crippen LogP contribution in [0.2, 0.25) is 0 Å². The van der Waals surface area contributed by atoms with Gasteiger partial charge in [-0.05, 0) is 62.8 Å². The molecule has 0 bridgehead atoms. The smallest absolute Gasteiger partial charge is 0.317 e. The first kappa shape index (κ1) is 28.5. The van der Waals surface area contributed by atoms with E-state index in [2.05, 4.69) is 36.5 Å². The van der Waals surface area contributed by atoms with Crippen molar-refractivity contribution < 1.29 is 19.4 Å². The minimum atomic E-state index is -0.672. The lowest BCUT2D eigenvalue weighted by atomic mass is 9.81. The van der Waals surface area contributed by atoms with Gasteiger partial charge in [0.1, 0.15) is 0 Å². The third kappa shape index (κ3) is 9.42. The van der Waals surface area contributed by atoms with Crippen LogP contribution in [-0.2, 0) is 16.1 Å². The highest BCUT2D eigenvalue weighted by Crippen LogP contribution is 2.32. The highest BCUT2D eigenvalue weighted by molar-refractivity contribution is 5.74. The van der Waals surface area contributed by atoms with E-state index in [0.29, 0.717) is 25.6 Å². The van der Waals surface area contributed by atoms with E-state index in [-0.39, 0.29) is 30.0 Å². The summed E-state index contributed by atoms with van der Waals surface area (Å²) in [7, 11) is 0. The predicted octanol–water partition coefficient (Wildman–Crippen LogP) is 6.55. The molecule has 36 heavy (non-hydrogen) atoms. The van der Waals surface area contributed by atoms with Crippen molar-refractivity contribution in [2.45, 2.75) is 110 Å². The fourth-order valence-corrected chi connectivity index (χ4v) is 5.82. The standard InChI is InChI=1S/C30H48N2O4/c1-22(2)28(29(33)34)17-16-24-8-7-11-27(20-24)36-19-18-32(21-25-14-12-23(3)13-15-25)30(35)31-26-9-5-4-6-10-26/h12-15,22,24,26-28H,4-11,16-21H2,1-3H3,(H,31,35)(H,33,34)/t24-,27-,28?/m1/s1. The minimum Gasteiger partial charge on any atom is -0.481 e. The van der Waals surface area contributed by atoms with Crippen molar-refractivity contribution in [3.63, 3.8) is 0 Å². The molecule has 2 aliphatic carbocycles. The van der Waals surface area contributed by atoms with E-state index in [1.165, 1.54) is 24.8 Å². The summed E-state index contributed by atoms with van der Waals surface area (Å²) in [4.78, 5) is 26.6. The second kappa shape index (κ2) is 14.6. The Balaban J connectivity index is 1.50. The maximum absolute atomic E-state index is 13.2. The first-order valence-electron chi connectivity index (χ1n) is 14.3. The molecule has 2 saturated carbocycles. The van der Waals surface area contributed by atoms with E-state index in [9.17, 15) is 14.7 Å². The van der Waals surface area contributed by atoms with Crippen molar-refractivity contribution in [3.05, 3.63) is 35.4 Å². The van der Waals surface area contributed by atoms with Crippen molar-refractivity contribution in [2.24, 2.45) is 17.8 Å². The molecule has 1 aromatic carbocycles. The van der Waals surface area contributed by atoms with Crippen molar-refractivity contribution in [1.29, 1.82) is 0 Å². The lowest BCUT2D eigenvalue weighted by molar-refractivity contribution is -0.143. The number of amides is 2. The van der Waals surface area contributed by atoms with Gasteiger partial charge >= 0.3 is 12.0 Å². The van der Waals surface area contributed by atoms with Crippen LogP contribution in [0.25, 0.3) is 0 Å². The van der Waals surface area contributed by atoms with Crippen LogP contribution in [0, 0.1) is 24.7 Å². The number of urea groups is 1. The van der Waals surface area contributed by atoms with E-state index in [0.717, 1.165) is 56.9 Å². The van der Waals surface area contributed by atoms with E-state index in [1.54, 1.807) is 0 Å². The Bertz CT molecular complexity index is 804. The lowest BCUT2D eigenvalue weighted by Crippen LogP contribution is -2.46. The van der Waals surface area contributed by atoms with Gasteiger partial charge in [0.15, 0.2) is 0 Å². The number of carboxylic acid groups (broad SMARTS) is 1. The zero-order valence-electron chi connectivity index (χ0n) is 22.7. The zero-order chi connectivity index (χ0) is 25.9. The second-order valence-corrected chi connectivity index (χ2v) is 11.5. The first-order chi connectivity index (χ1) is 17.3. The molecule has 0 radical (unpaired) electrons. The van der Waals surface area contributed by atoms with Crippen LogP contribution in [0.5, 0.6) is 0 Å². The molecule has 6 nitrogen and oxygen atoms in total. The van der Waals surface area contributed by atoms with Gasteiger partial charge in [-0.1, -0.05) is 75.8 Å². The lowest BCUT2D eigenvalue weighted by Gasteiger charge is -2.32. The Labute approximate surface area is 218 Å². The molecule has 0 spiro atoms. The molecule has 6 heteroatoms. The SMILES string of the molecule is Cc1ccc(CN(CCO[C@@H]2CCC[C@H](CCC(C(=O)O)C(C)C)C2)C(=O)NC2CCCCC2)cc1. The van der Waals surface area contributed by atoms with Gasteiger partial charge in [0.2, 0.25) is 0 Å². The molecule has 202 valence electrons. The first-order valence-corrected chi connectivity index (χ1v) is 14.3. The number of rotatable bonds is 12. The van der Waals surface area contributed by atoms with Gasteiger partial charge < -0.3 is 20.1 Å². The van der Waals surface area contributed by atoms with E-state index >= 15 is 0 Å². The van der Waals surface area contributed by atoms with Crippen LogP contribution in [0.4, 0.5) is 4.79 Å². The molecule has 0 aromatic heterocycles. The average Bonchev–Trinajstić information content (AvgIpc) is 2.85. The summed E-state index contributed by atoms with van der Waals surface area (Å²) in [6.07, 6.45) is 12.0. The van der Waals surface area contributed by atoms with Crippen molar-refractivity contribution in [2.75, 3.05) is 13.2 Å². The maximum Gasteiger partial charge on any atom is 0.317 e. The fraction of sp³-hybridized carbons (Fsp3) is 0.733. The Morgan fingerprint density at radius 2 is 1.78 bits per heavy atom.